The zero-order valence-corrected chi connectivity index (χ0v) is 16.6. The van der Waals surface area contributed by atoms with Crippen molar-refractivity contribution in [1.82, 2.24) is 10.2 Å². The number of likely N-dealkylation sites (N-methyl/N-ethyl adjacent to an activating group) is 1. The topological polar surface area (TPSA) is 49.0 Å². The number of benzene rings is 1. The summed E-state index contributed by atoms with van der Waals surface area (Å²) < 4.78 is 0. The molecule has 26 heavy (non-hydrogen) atoms. The van der Waals surface area contributed by atoms with Crippen LogP contribution in [-0.4, -0.2) is 23.2 Å². The molecule has 0 saturated carbocycles. The molecule has 1 aromatic carbocycles. The van der Waals surface area contributed by atoms with Gasteiger partial charge in [0.25, 0.3) is 0 Å². The van der Waals surface area contributed by atoms with Gasteiger partial charge in [0.1, 0.15) is 0 Å². The van der Waals surface area contributed by atoms with Crippen molar-refractivity contribution in [1.29, 1.82) is 0 Å². The lowest BCUT2D eigenvalue weighted by molar-refractivity contribution is -0.121. The van der Waals surface area contributed by atoms with Crippen LogP contribution in [0.3, 0.4) is 0 Å². The van der Waals surface area contributed by atoms with Gasteiger partial charge in [-0.1, -0.05) is 6.07 Å². The van der Waals surface area contributed by atoms with E-state index in [1.165, 1.54) is 33.5 Å². The van der Waals surface area contributed by atoms with Crippen molar-refractivity contribution in [2.24, 2.45) is 0 Å². The monoisotopic (exact) mass is 349 g/mol. The SMILES string of the molecule is CC1=C(c2cc3c(cc2C)C(C)(C)C(=O)N3C)CCCc2c1n[nH]c2C. The maximum atomic E-state index is 12.7. The van der Waals surface area contributed by atoms with E-state index in [4.69, 9.17) is 0 Å². The molecule has 1 amide bonds. The first-order chi connectivity index (χ1) is 12.2. The van der Waals surface area contributed by atoms with Gasteiger partial charge in [0.15, 0.2) is 0 Å². The Morgan fingerprint density at radius 2 is 1.88 bits per heavy atom. The minimum atomic E-state index is -0.452. The van der Waals surface area contributed by atoms with E-state index < -0.39 is 5.41 Å². The standard InChI is InChI=1S/C22H27N3O/c1-12-10-18-19(25(6)21(26)22(18,4)5)11-17(12)15-8-7-9-16-14(3)23-24-20(16)13(15)2/h10-11H,7-9H2,1-6H3,(H,23,24). The summed E-state index contributed by atoms with van der Waals surface area (Å²) in [7, 11) is 1.89. The summed E-state index contributed by atoms with van der Waals surface area (Å²) in [5.74, 6) is 0.167. The van der Waals surface area contributed by atoms with Gasteiger partial charge < -0.3 is 4.90 Å². The minimum absolute atomic E-state index is 0.167. The fourth-order valence-corrected chi connectivity index (χ4v) is 4.62. The molecule has 0 unspecified atom stereocenters. The molecule has 0 spiro atoms. The number of allylic oxidation sites excluding steroid dienone is 2. The molecule has 2 heterocycles. The second-order valence-corrected chi connectivity index (χ2v) is 8.31. The summed E-state index contributed by atoms with van der Waals surface area (Å²) in [5, 5.41) is 7.73. The van der Waals surface area contributed by atoms with Gasteiger partial charge in [0.2, 0.25) is 5.91 Å². The van der Waals surface area contributed by atoms with Gasteiger partial charge in [-0.2, -0.15) is 5.10 Å². The van der Waals surface area contributed by atoms with Gasteiger partial charge in [0, 0.05) is 24.0 Å². The smallest absolute Gasteiger partial charge is 0.236 e. The van der Waals surface area contributed by atoms with Crippen LogP contribution in [0.15, 0.2) is 12.1 Å². The quantitative estimate of drug-likeness (QED) is 0.821. The lowest BCUT2D eigenvalue weighted by Crippen LogP contribution is -2.33. The van der Waals surface area contributed by atoms with Crippen LogP contribution in [0, 0.1) is 13.8 Å². The Bertz CT molecular complexity index is 962. The van der Waals surface area contributed by atoms with Gasteiger partial charge >= 0.3 is 0 Å². The Morgan fingerprint density at radius 3 is 2.62 bits per heavy atom. The van der Waals surface area contributed by atoms with E-state index in [-0.39, 0.29) is 5.91 Å². The number of anilines is 1. The van der Waals surface area contributed by atoms with E-state index in [1.54, 1.807) is 0 Å². The number of fused-ring (bicyclic) bond motifs is 2. The zero-order chi connectivity index (χ0) is 18.8. The third kappa shape index (κ3) is 2.21. The van der Waals surface area contributed by atoms with Crippen molar-refractivity contribution in [3.05, 3.63) is 45.8 Å². The maximum Gasteiger partial charge on any atom is 0.236 e. The van der Waals surface area contributed by atoms with Crippen LogP contribution >= 0.6 is 0 Å². The Hall–Kier alpha value is -2.36. The number of hydrogen-bond donors (Lipinski definition) is 1. The van der Waals surface area contributed by atoms with Gasteiger partial charge in [-0.25, -0.2) is 0 Å². The number of nitrogens with zero attached hydrogens (tertiary/aromatic N) is 2. The number of rotatable bonds is 1. The largest absolute Gasteiger partial charge is 0.314 e. The highest BCUT2D eigenvalue weighted by atomic mass is 16.2. The van der Waals surface area contributed by atoms with E-state index in [0.717, 1.165) is 36.2 Å². The first-order valence-corrected chi connectivity index (χ1v) is 9.41. The van der Waals surface area contributed by atoms with Crippen molar-refractivity contribution in [2.75, 3.05) is 11.9 Å². The lowest BCUT2D eigenvalue weighted by atomic mass is 9.83. The van der Waals surface area contributed by atoms with Gasteiger partial charge in [0.05, 0.1) is 11.1 Å². The third-order valence-electron chi connectivity index (χ3n) is 6.28. The van der Waals surface area contributed by atoms with Crippen molar-refractivity contribution >= 4 is 22.7 Å². The molecule has 0 saturated heterocycles. The van der Waals surface area contributed by atoms with Crippen molar-refractivity contribution < 1.29 is 4.79 Å². The Labute approximate surface area is 155 Å². The summed E-state index contributed by atoms with van der Waals surface area (Å²) >= 11 is 0. The van der Waals surface area contributed by atoms with Crippen LogP contribution in [0.25, 0.3) is 11.1 Å². The van der Waals surface area contributed by atoms with E-state index in [9.17, 15) is 4.79 Å². The second-order valence-electron chi connectivity index (χ2n) is 8.31. The molecule has 136 valence electrons. The third-order valence-corrected chi connectivity index (χ3v) is 6.28. The fraction of sp³-hybridized carbons (Fsp3) is 0.455. The molecule has 2 aromatic rings. The predicted octanol–water partition coefficient (Wildman–Crippen LogP) is 4.55. The average molecular weight is 349 g/mol. The highest BCUT2D eigenvalue weighted by molar-refractivity contribution is 6.08. The lowest BCUT2D eigenvalue weighted by Gasteiger charge is -2.18. The number of aromatic amines is 1. The first-order valence-electron chi connectivity index (χ1n) is 9.41. The number of carbonyl (C=O) groups excluding carboxylic acids is 1. The number of hydrogen-bond acceptors (Lipinski definition) is 2. The van der Waals surface area contributed by atoms with Crippen LogP contribution < -0.4 is 4.90 Å². The molecule has 1 aromatic heterocycles. The summed E-state index contributed by atoms with van der Waals surface area (Å²) in [5.41, 5.74) is 10.5. The van der Waals surface area contributed by atoms with Crippen LogP contribution in [0.2, 0.25) is 0 Å². The molecule has 1 N–H and O–H groups in total. The molecular weight excluding hydrogens is 322 g/mol. The highest BCUT2D eigenvalue weighted by Gasteiger charge is 2.42. The van der Waals surface area contributed by atoms with E-state index in [0.29, 0.717) is 0 Å². The number of H-pyrrole nitrogens is 1. The van der Waals surface area contributed by atoms with Crippen molar-refractivity contribution in [3.63, 3.8) is 0 Å². The zero-order valence-electron chi connectivity index (χ0n) is 16.6. The van der Waals surface area contributed by atoms with Crippen LogP contribution in [0.5, 0.6) is 0 Å². The minimum Gasteiger partial charge on any atom is -0.314 e. The molecular formula is C22H27N3O. The van der Waals surface area contributed by atoms with Gasteiger partial charge in [-0.05, 0) is 87.8 Å². The Morgan fingerprint density at radius 1 is 1.15 bits per heavy atom. The molecule has 4 rings (SSSR count). The number of aromatic nitrogens is 2. The van der Waals surface area contributed by atoms with Crippen molar-refractivity contribution in [3.8, 4) is 0 Å². The number of nitrogens with one attached hydrogen (secondary N) is 1. The van der Waals surface area contributed by atoms with Crippen molar-refractivity contribution in [2.45, 2.75) is 59.3 Å². The first kappa shape index (κ1) is 17.1. The molecule has 0 atom stereocenters. The molecule has 0 bridgehead atoms. The summed E-state index contributed by atoms with van der Waals surface area (Å²) in [4.78, 5) is 14.5. The number of carbonyl (C=O) groups is 1. The maximum absolute atomic E-state index is 12.7. The highest BCUT2D eigenvalue weighted by Crippen LogP contribution is 2.45. The molecule has 2 aliphatic rings. The van der Waals surface area contributed by atoms with Crippen LogP contribution in [0.4, 0.5) is 5.69 Å². The van der Waals surface area contributed by atoms with Gasteiger partial charge in [-0.15, -0.1) is 0 Å². The summed E-state index contributed by atoms with van der Waals surface area (Å²) in [6.07, 6.45) is 3.23. The van der Waals surface area contributed by atoms with Crippen LogP contribution in [0.1, 0.15) is 67.3 Å². The average Bonchev–Trinajstić information content (AvgIpc) is 2.96. The van der Waals surface area contributed by atoms with E-state index >= 15 is 0 Å². The Kier molecular flexibility index (Phi) is 3.66. The van der Waals surface area contributed by atoms with E-state index in [1.807, 2.05) is 25.8 Å². The van der Waals surface area contributed by atoms with Gasteiger partial charge in [-0.3, -0.25) is 9.89 Å². The van der Waals surface area contributed by atoms with E-state index in [2.05, 4.69) is 43.1 Å². The fourth-order valence-electron chi connectivity index (χ4n) is 4.62. The summed E-state index contributed by atoms with van der Waals surface area (Å²) in [6, 6.07) is 4.44. The molecule has 1 aliphatic heterocycles. The molecule has 4 heteroatoms. The number of amides is 1. The molecule has 0 radical (unpaired) electrons. The molecule has 1 aliphatic carbocycles. The Balaban J connectivity index is 1.91. The van der Waals surface area contributed by atoms with Crippen LogP contribution in [-0.2, 0) is 16.6 Å². The normalized spacial score (nSPS) is 18.8. The predicted molar refractivity (Wildman–Crippen MR) is 106 cm³/mol. The molecule has 4 nitrogen and oxygen atoms in total. The molecule has 0 fully saturated rings. The second kappa shape index (κ2) is 5.57. The number of aryl methyl sites for hydroxylation is 2. The summed E-state index contributed by atoms with van der Waals surface area (Å²) in [6.45, 7) is 10.5.